The van der Waals surface area contributed by atoms with Crippen LogP contribution in [-0.4, -0.2) is 47.8 Å². The molecular weight excluding hydrogens is 404 g/mol. The summed E-state index contributed by atoms with van der Waals surface area (Å²) in [7, 11) is -3.93. The predicted molar refractivity (Wildman–Crippen MR) is 116 cm³/mol. The zero-order chi connectivity index (χ0) is 22.1. The molecule has 0 fully saturated rings. The fourth-order valence-electron chi connectivity index (χ4n) is 3.18. The lowest BCUT2D eigenvalue weighted by Gasteiger charge is -2.30. The van der Waals surface area contributed by atoms with Gasteiger partial charge in [-0.25, -0.2) is 13.2 Å². The Morgan fingerprint density at radius 3 is 2.13 bits per heavy atom. The number of rotatable bonds is 11. The maximum absolute atomic E-state index is 13.2. The highest BCUT2D eigenvalue weighted by Gasteiger charge is 2.32. The summed E-state index contributed by atoms with van der Waals surface area (Å²) in [5.74, 6) is 0.239. The van der Waals surface area contributed by atoms with Crippen molar-refractivity contribution in [3.8, 4) is 0 Å². The first-order chi connectivity index (χ1) is 14.2. The van der Waals surface area contributed by atoms with Crippen molar-refractivity contribution in [2.75, 3.05) is 6.54 Å². The van der Waals surface area contributed by atoms with Gasteiger partial charge in [0.1, 0.15) is 6.23 Å². The second kappa shape index (κ2) is 11.1. The number of benzene rings is 2. The van der Waals surface area contributed by atoms with Gasteiger partial charge in [0.15, 0.2) is 0 Å². The van der Waals surface area contributed by atoms with Gasteiger partial charge in [-0.2, -0.15) is 4.31 Å². The van der Waals surface area contributed by atoms with E-state index in [9.17, 15) is 23.4 Å². The fourth-order valence-corrected chi connectivity index (χ4v) is 4.71. The molecule has 30 heavy (non-hydrogen) atoms. The lowest BCUT2D eigenvalue weighted by atomic mass is 10.0. The summed E-state index contributed by atoms with van der Waals surface area (Å²) in [5, 5.41) is 22.5. The van der Waals surface area contributed by atoms with Gasteiger partial charge in [0, 0.05) is 19.0 Å². The van der Waals surface area contributed by atoms with E-state index in [0.29, 0.717) is 12.8 Å². The smallest absolute Gasteiger partial charge is 0.404 e. The van der Waals surface area contributed by atoms with Gasteiger partial charge in [-0.3, -0.25) is 0 Å². The summed E-state index contributed by atoms with van der Waals surface area (Å²) in [4.78, 5) is 11.4. The summed E-state index contributed by atoms with van der Waals surface area (Å²) < 4.78 is 27.4. The molecule has 3 N–H and O–H groups in total. The van der Waals surface area contributed by atoms with Crippen LogP contribution in [0.25, 0.3) is 0 Å². The van der Waals surface area contributed by atoms with Crippen molar-refractivity contribution in [3.05, 3.63) is 66.2 Å². The van der Waals surface area contributed by atoms with Crippen molar-refractivity contribution in [2.24, 2.45) is 5.92 Å². The molecular formula is C22H30N2O5S. The van der Waals surface area contributed by atoms with Gasteiger partial charge < -0.3 is 15.5 Å². The van der Waals surface area contributed by atoms with Crippen molar-refractivity contribution in [1.29, 1.82) is 0 Å². The normalized spacial score (nSPS) is 13.9. The van der Waals surface area contributed by atoms with Gasteiger partial charge in [0.2, 0.25) is 10.0 Å². The first-order valence-electron chi connectivity index (χ1n) is 9.98. The average molecular weight is 435 g/mol. The van der Waals surface area contributed by atoms with Crippen LogP contribution in [0, 0.1) is 5.92 Å². The van der Waals surface area contributed by atoms with Crippen molar-refractivity contribution in [2.45, 2.75) is 50.3 Å². The molecule has 164 valence electrons. The number of nitrogens with one attached hydrogen (secondary N) is 1. The van der Waals surface area contributed by atoms with E-state index in [4.69, 9.17) is 0 Å². The molecule has 0 radical (unpaired) electrons. The zero-order valence-corrected chi connectivity index (χ0v) is 18.1. The predicted octanol–water partition coefficient (Wildman–Crippen LogP) is 3.31. The van der Waals surface area contributed by atoms with Crippen molar-refractivity contribution in [1.82, 2.24) is 9.62 Å². The number of carbonyl (C=O) groups is 1. The Morgan fingerprint density at radius 1 is 1.03 bits per heavy atom. The minimum absolute atomic E-state index is 0.0641. The molecule has 0 aliphatic rings. The van der Waals surface area contributed by atoms with E-state index in [-0.39, 0.29) is 23.8 Å². The first kappa shape index (κ1) is 23.9. The highest BCUT2D eigenvalue weighted by atomic mass is 32.2. The van der Waals surface area contributed by atoms with Crippen LogP contribution in [0.2, 0.25) is 0 Å². The second-order valence-electron chi connectivity index (χ2n) is 7.66. The first-order valence-corrected chi connectivity index (χ1v) is 11.4. The lowest BCUT2D eigenvalue weighted by Crippen LogP contribution is -2.46. The monoisotopic (exact) mass is 434 g/mol. The van der Waals surface area contributed by atoms with Crippen molar-refractivity contribution < 1.29 is 23.4 Å². The molecule has 2 unspecified atom stereocenters. The summed E-state index contributed by atoms with van der Waals surface area (Å²) in [6, 6.07) is 16.6. The van der Waals surface area contributed by atoms with Crippen LogP contribution in [0.3, 0.4) is 0 Å². The van der Waals surface area contributed by atoms with Crippen LogP contribution in [0.5, 0.6) is 0 Å². The number of amides is 1. The molecule has 0 saturated heterocycles. The van der Waals surface area contributed by atoms with Gasteiger partial charge in [-0.1, -0.05) is 62.4 Å². The van der Waals surface area contributed by atoms with Crippen molar-refractivity contribution >= 4 is 16.1 Å². The zero-order valence-electron chi connectivity index (χ0n) is 17.3. The molecule has 0 heterocycles. The molecule has 0 bridgehead atoms. The van der Waals surface area contributed by atoms with Crippen LogP contribution in [0.1, 0.15) is 32.3 Å². The van der Waals surface area contributed by atoms with E-state index in [1.54, 1.807) is 18.2 Å². The molecule has 2 rings (SSSR count). The topological polar surface area (TPSA) is 107 Å². The maximum atomic E-state index is 13.2. The highest BCUT2D eigenvalue weighted by molar-refractivity contribution is 7.89. The van der Waals surface area contributed by atoms with Gasteiger partial charge in [-0.15, -0.1) is 0 Å². The van der Waals surface area contributed by atoms with E-state index >= 15 is 0 Å². The quantitative estimate of drug-likeness (QED) is 0.471. The molecule has 8 heteroatoms. The Kier molecular flexibility index (Phi) is 8.83. The maximum Gasteiger partial charge on any atom is 0.404 e. The Hall–Kier alpha value is -2.42. The molecule has 2 aromatic carbocycles. The number of aliphatic hydroxyl groups is 1. The molecule has 2 aromatic rings. The Labute approximate surface area is 178 Å². The van der Waals surface area contributed by atoms with Crippen LogP contribution in [0.15, 0.2) is 65.6 Å². The van der Waals surface area contributed by atoms with E-state index in [2.05, 4.69) is 5.32 Å². The second-order valence-corrected chi connectivity index (χ2v) is 9.55. The molecule has 0 aromatic heterocycles. The fraction of sp³-hybridized carbons (Fsp3) is 0.409. The van der Waals surface area contributed by atoms with Crippen LogP contribution >= 0.6 is 0 Å². The van der Waals surface area contributed by atoms with E-state index in [1.807, 2.05) is 44.2 Å². The van der Waals surface area contributed by atoms with Gasteiger partial charge in [-0.05, 0) is 36.5 Å². The number of carboxylic acid groups (broad SMARTS) is 1. The number of nitrogens with zero attached hydrogens (tertiary/aromatic N) is 1. The summed E-state index contributed by atoms with van der Waals surface area (Å²) in [6.45, 7) is 4.09. The minimum Gasteiger partial charge on any atom is -0.465 e. The summed E-state index contributed by atoms with van der Waals surface area (Å²) in [6.07, 6.45) is -1.74. The number of aliphatic hydroxyl groups excluding tert-OH is 1. The average Bonchev–Trinajstić information content (AvgIpc) is 2.68. The third-order valence-corrected chi connectivity index (χ3v) is 6.67. The third kappa shape index (κ3) is 7.12. The lowest BCUT2D eigenvalue weighted by molar-refractivity contribution is 0.0438. The van der Waals surface area contributed by atoms with Gasteiger partial charge >= 0.3 is 6.09 Å². The molecule has 2 atom stereocenters. The minimum atomic E-state index is -3.93. The van der Waals surface area contributed by atoms with Crippen LogP contribution in [0.4, 0.5) is 4.79 Å². The van der Waals surface area contributed by atoms with Gasteiger partial charge in [0.05, 0.1) is 4.90 Å². The standard InChI is InChI=1S/C22H30N2O5S/c1-17(2)13-14-24(30(28,29)20-11-7-4-8-12-20)21(25)16-19(23-22(26)27)15-18-9-5-3-6-10-18/h3-12,17,19,21,23,25H,13-16H2,1-2H3,(H,26,27). The molecule has 0 spiro atoms. The SMILES string of the molecule is CC(C)CCN(C(O)CC(Cc1ccccc1)NC(=O)O)S(=O)(=O)c1ccccc1. The number of hydrogen-bond acceptors (Lipinski definition) is 4. The van der Waals surface area contributed by atoms with Crippen LogP contribution < -0.4 is 5.32 Å². The number of hydrogen-bond donors (Lipinski definition) is 3. The molecule has 0 saturated carbocycles. The Balaban J connectivity index is 2.25. The van der Waals surface area contributed by atoms with Crippen LogP contribution in [-0.2, 0) is 16.4 Å². The summed E-state index contributed by atoms with van der Waals surface area (Å²) in [5.41, 5.74) is 0.892. The number of sulfonamides is 1. The summed E-state index contributed by atoms with van der Waals surface area (Å²) >= 11 is 0. The molecule has 0 aliphatic heterocycles. The molecule has 1 amide bonds. The van der Waals surface area contributed by atoms with Crippen molar-refractivity contribution in [3.63, 3.8) is 0 Å². The van der Waals surface area contributed by atoms with Gasteiger partial charge in [0.25, 0.3) is 0 Å². The molecule has 0 aliphatic carbocycles. The van der Waals surface area contributed by atoms with E-state index < -0.39 is 28.4 Å². The third-order valence-electron chi connectivity index (χ3n) is 4.76. The largest absolute Gasteiger partial charge is 0.465 e. The molecule has 7 nitrogen and oxygen atoms in total. The highest BCUT2D eigenvalue weighted by Crippen LogP contribution is 2.21. The Morgan fingerprint density at radius 2 is 1.60 bits per heavy atom. The van der Waals surface area contributed by atoms with E-state index in [1.165, 1.54) is 12.1 Å². The Bertz CT molecular complexity index is 888. The van der Waals surface area contributed by atoms with E-state index in [0.717, 1.165) is 9.87 Å².